The first kappa shape index (κ1) is 15.6. The molecule has 1 aromatic rings. The lowest BCUT2D eigenvalue weighted by atomic mass is 10.1. The summed E-state index contributed by atoms with van der Waals surface area (Å²) >= 11 is 0. The summed E-state index contributed by atoms with van der Waals surface area (Å²) in [4.78, 5) is 11.7. The van der Waals surface area contributed by atoms with Crippen LogP contribution in [0.2, 0.25) is 0 Å². The van der Waals surface area contributed by atoms with Gasteiger partial charge in [-0.15, -0.1) is 0 Å². The average molecular weight is 301 g/mol. The second-order valence-corrected chi connectivity index (χ2v) is 5.07. The fraction of sp³-hybridized carbons (Fsp3) is 0.500. The summed E-state index contributed by atoms with van der Waals surface area (Å²) in [5.74, 6) is 0.521. The third-order valence-electron chi connectivity index (χ3n) is 3.48. The fourth-order valence-corrected chi connectivity index (χ4v) is 2.36. The third-order valence-corrected chi connectivity index (χ3v) is 3.48. The van der Waals surface area contributed by atoms with E-state index >= 15 is 0 Å². The van der Waals surface area contributed by atoms with E-state index in [0.717, 1.165) is 32.0 Å². The number of urea groups is 1. The molecule has 1 atom stereocenters. The monoisotopic (exact) mass is 301 g/mol. The number of carbonyl (C=O) groups is 1. The molecule has 21 heavy (non-hydrogen) atoms. The van der Waals surface area contributed by atoms with Crippen molar-refractivity contribution in [2.24, 2.45) is 5.92 Å². The van der Waals surface area contributed by atoms with E-state index in [-0.39, 0.29) is 5.69 Å². The number of hydrogen-bond acceptors (Lipinski definition) is 2. The quantitative estimate of drug-likeness (QED) is 0.801. The average Bonchev–Trinajstić information content (AvgIpc) is 2.91. The van der Waals surface area contributed by atoms with Gasteiger partial charge in [0, 0.05) is 6.54 Å². The fourth-order valence-electron chi connectivity index (χ4n) is 2.36. The maximum absolute atomic E-state index is 12.8. The predicted molar refractivity (Wildman–Crippen MR) is 74.1 cm³/mol. The Kier molecular flexibility index (Phi) is 5.06. The normalized spacial score (nSPS) is 18.5. The van der Waals surface area contributed by atoms with E-state index in [9.17, 15) is 18.0 Å². The zero-order valence-electron chi connectivity index (χ0n) is 11.5. The Balaban J connectivity index is 1.85. The molecule has 0 aliphatic carbocycles. The second-order valence-electron chi connectivity index (χ2n) is 5.07. The zero-order chi connectivity index (χ0) is 15.3. The largest absolute Gasteiger partial charge is 0.418 e. The van der Waals surface area contributed by atoms with E-state index in [2.05, 4.69) is 16.0 Å². The van der Waals surface area contributed by atoms with Gasteiger partial charge in [0.05, 0.1) is 11.3 Å². The topological polar surface area (TPSA) is 53.2 Å². The van der Waals surface area contributed by atoms with Gasteiger partial charge in [-0.3, -0.25) is 0 Å². The van der Waals surface area contributed by atoms with Gasteiger partial charge in [-0.1, -0.05) is 12.1 Å². The van der Waals surface area contributed by atoms with Crippen molar-refractivity contribution in [2.45, 2.75) is 19.0 Å². The minimum absolute atomic E-state index is 0.231. The molecule has 1 fully saturated rings. The van der Waals surface area contributed by atoms with Crippen LogP contribution in [0.3, 0.4) is 0 Å². The van der Waals surface area contributed by atoms with Crippen molar-refractivity contribution in [3.8, 4) is 0 Å². The Morgan fingerprint density at radius 3 is 2.76 bits per heavy atom. The van der Waals surface area contributed by atoms with Gasteiger partial charge in [-0.05, 0) is 44.0 Å². The first-order valence-corrected chi connectivity index (χ1v) is 6.88. The summed E-state index contributed by atoms with van der Waals surface area (Å²) in [5.41, 5.74) is -1.08. The van der Waals surface area contributed by atoms with Gasteiger partial charge in [-0.2, -0.15) is 13.2 Å². The van der Waals surface area contributed by atoms with Crippen LogP contribution in [0.25, 0.3) is 0 Å². The van der Waals surface area contributed by atoms with Crippen LogP contribution in [-0.2, 0) is 6.18 Å². The van der Waals surface area contributed by atoms with Crippen LogP contribution in [0.1, 0.15) is 18.4 Å². The summed E-state index contributed by atoms with van der Waals surface area (Å²) in [7, 11) is 0. The van der Waals surface area contributed by atoms with Crippen LogP contribution in [0.15, 0.2) is 24.3 Å². The third kappa shape index (κ3) is 4.63. The summed E-state index contributed by atoms with van der Waals surface area (Å²) in [6.07, 6.45) is -2.60. The number of anilines is 1. The van der Waals surface area contributed by atoms with Crippen molar-refractivity contribution in [1.82, 2.24) is 10.6 Å². The Labute approximate surface area is 121 Å². The predicted octanol–water partition coefficient (Wildman–Crippen LogP) is 2.83. The van der Waals surface area contributed by atoms with E-state index in [0.29, 0.717) is 12.5 Å². The summed E-state index contributed by atoms with van der Waals surface area (Å²) in [5, 5.41) is 8.07. The number of hydrogen-bond donors (Lipinski definition) is 3. The molecule has 0 bridgehead atoms. The molecule has 3 N–H and O–H groups in total. The number of halogens is 3. The van der Waals surface area contributed by atoms with Crippen molar-refractivity contribution in [1.29, 1.82) is 0 Å². The summed E-state index contributed by atoms with van der Waals surface area (Å²) in [6, 6.07) is 4.31. The van der Waals surface area contributed by atoms with E-state index < -0.39 is 17.8 Å². The molecule has 1 unspecified atom stereocenters. The van der Waals surface area contributed by atoms with Crippen molar-refractivity contribution in [3.05, 3.63) is 29.8 Å². The molecule has 4 nitrogen and oxygen atoms in total. The van der Waals surface area contributed by atoms with Crippen molar-refractivity contribution < 1.29 is 18.0 Å². The lowest BCUT2D eigenvalue weighted by Crippen LogP contribution is -2.31. The molecule has 1 saturated heterocycles. The van der Waals surface area contributed by atoms with Crippen LogP contribution in [0.5, 0.6) is 0 Å². The highest BCUT2D eigenvalue weighted by molar-refractivity contribution is 5.90. The van der Waals surface area contributed by atoms with Crippen molar-refractivity contribution >= 4 is 11.7 Å². The zero-order valence-corrected chi connectivity index (χ0v) is 11.5. The van der Waals surface area contributed by atoms with E-state index in [1.165, 1.54) is 18.2 Å². The number of carbonyl (C=O) groups excluding carboxylic acids is 1. The molecule has 0 radical (unpaired) electrons. The van der Waals surface area contributed by atoms with Crippen LogP contribution in [0, 0.1) is 5.92 Å². The molecule has 1 heterocycles. The molecule has 1 aromatic carbocycles. The molecular weight excluding hydrogens is 283 g/mol. The molecule has 2 rings (SSSR count). The molecule has 2 amide bonds. The number of para-hydroxylation sites is 1. The maximum Gasteiger partial charge on any atom is 0.418 e. The first-order chi connectivity index (χ1) is 9.97. The van der Waals surface area contributed by atoms with E-state index in [1.54, 1.807) is 0 Å². The Bertz CT molecular complexity index is 485. The lowest BCUT2D eigenvalue weighted by molar-refractivity contribution is -0.136. The van der Waals surface area contributed by atoms with Crippen LogP contribution in [-0.4, -0.2) is 25.7 Å². The molecule has 1 aliphatic heterocycles. The molecule has 1 aliphatic rings. The first-order valence-electron chi connectivity index (χ1n) is 6.88. The van der Waals surface area contributed by atoms with Gasteiger partial charge in [0.2, 0.25) is 0 Å². The van der Waals surface area contributed by atoms with Gasteiger partial charge in [0.25, 0.3) is 0 Å². The lowest BCUT2D eigenvalue weighted by Gasteiger charge is -2.14. The number of rotatable bonds is 4. The number of nitrogens with one attached hydrogen (secondary N) is 3. The summed E-state index contributed by atoms with van der Waals surface area (Å²) in [6.45, 7) is 2.36. The van der Waals surface area contributed by atoms with Crippen LogP contribution in [0.4, 0.5) is 23.7 Å². The number of amides is 2. The molecule has 0 saturated carbocycles. The SMILES string of the molecule is O=C(NCCC1CCNC1)Nc1ccccc1C(F)(F)F. The number of alkyl halides is 3. The Hall–Kier alpha value is -1.76. The van der Waals surface area contributed by atoms with Gasteiger partial charge >= 0.3 is 12.2 Å². The van der Waals surface area contributed by atoms with E-state index in [1.807, 2.05) is 0 Å². The molecule has 0 aromatic heterocycles. The highest BCUT2D eigenvalue weighted by Crippen LogP contribution is 2.34. The highest BCUT2D eigenvalue weighted by Gasteiger charge is 2.33. The van der Waals surface area contributed by atoms with E-state index in [4.69, 9.17) is 0 Å². The minimum Gasteiger partial charge on any atom is -0.338 e. The summed E-state index contributed by atoms with van der Waals surface area (Å²) < 4.78 is 38.3. The molecule has 0 spiro atoms. The van der Waals surface area contributed by atoms with Crippen LogP contribution >= 0.6 is 0 Å². The van der Waals surface area contributed by atoms with Crippen molar-refractivity contribution in [2.75, 3.05) is 25.0 Å². The minimum atomic E-state index is -4.49. The Morgan fingerprint density at radius 1 is 1.33 bits per heavy atom. The molecule has 7 heteroatoms. The smallest absolute Gasteiger partial charge is 0.338 e. The highest BCUT2D eigenvalue weighted by atomic mass is 19.4. The van der Waals surface area contributed by atoms with Crippen molar-refractivity contribution in [3.63, 3.8) is 0 Å². The molecule has 116 valence electrons. The van der Waals surface area contributed by atoms with Gasteiger partial charge in [-0.25, -0.2) is 4.79 Å². The molecular formula is C14H18F3N3O. The Morgan fingerprint density at radius 2 is 2.10 bits per heavy atom. The maximum atomic E-state index is 12.8. The second kappa shape index (κ2) is 6.80. The van der Waals surface area contributed by atoms with Gasteiger partial charge in [0.15, 0.2) is 0 Å². The van der Waals surface area contributed by atoms with Crippen LogP contribution < -0.4 is 16.0 Å². The number of benzene rings is 1. The van der Waals surface area contributed by atoms with Gasteiger partial charge < -0.3 is 16.0 Å². The van der Waals surface area contributed by atoms with Gasteiger partial charge in [0.1, 0.15) is 0 Å². The standard InChI is InChI=1S/C14H18F3N3O/c15-14(16,17)11-3-1-2-4-12(11)20-13(21)19-8-6-10-5-7-18-9-10/h1-4,10,18H,5-9H2,(H2,19,20,21).